The number of aliphatic hydroxyl groups is 1. The highest BCUT2D eigenvalue weighted by Gasteiger charge is 2.62. The van der Waals surface area contributed by atoms with Crippen molar-refractivity contribution in [3.63, 3.8) is 0 Å². The van der Waals surface area contributed by atoms with E-state index >= 15 is 0 Å². The topological polar surface area (TPSA) is 52.5 Å². The monoisotopic (exact) mass is 401 g/mol. The lowest BCUT2D eigenvalue weighted by Gasteiger charge is -2.67. The molecule has 1 aromatic rings. The predicted molar refractivity (Wildman–Crippen MR) is 121 cm³/mol. The van der Waals surface area contributed by atoms with Crippen molar-refractivity contribution in [2.75, 3.05) is 6.61 Å². The van der Waals surface area contributed by atoms with Gasteiger partial charge in [0.05, 0.1) is 0 Å². The van der Waals surface area contributed by atoms with Crippen LogP contribution in [0.25, 0.3) is 0 Å². The van der Waals surface area contributed by atoms with Gasteiger partial charge in [-0.15, -0.1) is 0 Å². The van der Waals surface area contributed by atoms with Gasteiger partial charge in [-0.2, -0.15) is 0 Å². The van der Waals surface area contributed by atoms with Crippen molar-refractivity contribution >= 4 is 0 Å². The number of nitrogens with one attached hydrogen (secondary N) is 1. The second-order valence-electron chi connectivity index (χ2n) is 12.6. The normalized spacial score (nSPS) is 31.4. The molecule has 0 aliphatic heterocycles. The van der Waals surface area contributed by atoms with E-state index in [-0.39, 0.29) is 28.9 Å². The largest absolute Gasteiger partial charge is 0.507 e. The van der Waals surface area contributed by atoms with E-state index in [1.807, 2.05) is 0 Å². The quantitative estimate of drug-likeness (QED) is 0.623. The van der Waals surface area contributed by atoms with E-state index in [1.165, 1.54) is 12.0 Å². The number of aliphatic hydroxyl groups excluding tert-OH is 1. The zero-order chi connectivity index (χ0) is 22.0. The van der Waals surface area contributed by atoms with Gasteiger partial charge in [-0.1, -0.05) is 67.5 Å². The molecule has 0 radical (unpaired) electrons. The predicted octanol–water partition coefficient (Wildman–Crippen LogP) is 5.51. The van der Waals surface area contributed by atoms with Crippen LogP contribution in [0.5, 0.6) is 5.75 Å². The maximum absolute atomic E-state index is 11.1. The van der Waals surface area contributed by atoms with Crippen LogP contribution in [-0.2, 0) is 17.4 Å². The number of benzene rings is 1. The summed E-state index contributed by atoms with van der Waals surface area (Å²) < 4.78 is 0. The Bertz CT molecular complexity index is 768. The van der Waals surface area contributed by atoms with Gasteiger partial charge < -0.3 is 15.5 Å². The van der Waals surface area contributed by atoms with Gasteiger partial charge in [0.1, 0.15) is 5.75 Å². The number of hydrogen-bond acceptors (Lipinski definition) is 3. The highest BCUT2D eigenvalue weighted by Crippen LogP contribution is 2.64. The first-order valence-electron chi connectivity index (χ1n) is 11.3. The summed E-state index contributed by atoms with van der Waals surface area (Å²) in [7, 11) is 0. The fourth-order valence-electron chi connectivity index (χ4n) is 5.96. The molecule has 4 atom stereocenters. The van der Waals surface area contributed by atoms with Gasteiger partial charge >= 0.3 is 0 Å². The highest BCUT2D eigenvalue weighted by atomic mass is 16.3. The maximum atomic E-state index is 11.1. The van der Waals surface area contributed by atoms with Crippen LogP contribution in [0, 0.1) is 23.2 Å². The van der Waals surface area contributed by atoms with Crippen LogP contribution >= 0.6 is 0 Å². The third kappa shape index (κ3) is 3.74. The molecule has 3 nitrogen and oxygen atoms in total. The molecule has 4 rings (SSSR count). The molecule has 2 bridgehead atoms. The van der Waals surface area contributed by atoms with Crippen molar-refractivity contribution in [3.05, 3.63) is 28.8 Å². The fraction of sp³-hybridized carbons (Fsp3) is 0.769. The number of aromatic hydroxyl groups is 1. The molecule has 3 heteroatoms. The Hall–Kier alpha value is -1.06. The first-order valence-corrected chi connectivity index (χ1v) is 11.3. The van der Waals surface area contributed by atoms with Crippen molar-refractivity contribution in [2.24, 2.45) is 23.2 Å². The van der Waals surface area contributed by atoms with Crippen molar-refractivity contribution in [1.29, 1.82) is 0 Å². The van der Waals surface area contributed by atoms with Gasteiger partial charge in [0, 0.05) is 30.2 Å². The number of hydrogen-bond donors (Lipinski definition) is 3. The zero-order valence-corrected chi connectivity index (χ0v) is 20.1. The molecule has 3 fully saturated rings. The van der Waals surface area contributed by atoms with Crippen LogP contribution in [0.2, 0.25) is 0 Å². The molecule has 0 saturated heterocycles. The average molecular weight is 402 g/mol. The number of rotatable bonds is 4. The van der Waals surface area contributed by atoms with Gasteiger partial charge in [-0.25, -0.2) is 0 Å². The van der Waals surface area contributed by atoms with Gasteiger partial charge in [-0.3, -0.25) is 0 Å². The molecular formula is C26H43NO2. The average Bonchev–Trinajstić information content (AvgIpc) is 2.58. The lowest BCUT2D eigenvalue weighted by molar-refractivity contribution is -0.162. The van der Waals surface area contributed by atoms with E-state index in [1.54, 1.807) is 0 Å². The van der Waals surface area contributed by atoms with Crippen molar-refractivity contribution in [1.82, 2.24) is 5.32 Å². The van der Waals surface area contributed by atoms with Crippen molar-refractivity contribution < 1.29 is 10.2 Å². The van der Waals surface area contributed by atoms with Crippen LogP contribution in [0.15, 0.2) is 12.1 Å². The second-order valence-corrected chi connectivity index (χ2v) is 12.6. The van der Waals surface area contributed by atoms with Crippen LogP contribution < -0.4 is 5.32 Å². The summed E-state index contributed by atoms with van der Waals surface area (Å²) in [6.07, 6.45) is 2.33. The molecule has 0 spiro atoms. The van der Waals surface area contributed by atoms with E-state index in [2.05, 4.69) is 79.8 Å². The summed E-state index contributed by atoms with van der Waals surface area (Å²) in [5.41, 5.74) is 3.35. The van der Waals surface area contributed by atoms with E-state index in [4.69, 9.17) is 0 Å². The Kier molecular flexibility index (Phi) is 5.45. The first kappa shape index (κ1) is 22.6. The molecule has 0 amide bonds. The summed E-state index contributed by atoms with van der Waals surface area (Å²) in [5.74, 6) is 1.98. The molecule has 3 N–H and O–H groups in total. The van der Waals surface area contributed by atoms with E-state index in [0.717, 1.165) is 23.5 Å². The molecule has 3 saturated carbocycles. The van der Waals surface area contributed by atoms with Crippen LogP contribution in [0.3, 0.4) is 0 Å². The summed E-state index contributed by atoms with van der Waals surface area (Å²) >= 11 is 0. The highest BCUT2D eigenvalue weighted by molar-refractivity contribution is 5.48. The Labute approximate surface area is 178 Å². The molecule has 0 heterocycles. The van der Waals surface area contributed by atoms with Gasteiger partial charge in [0.2, 0.25) is 0 Å². The molecular weight excluding hydrogens is 358 g/mol. The number of fused-ring (bicyclic) bond motifs is 2. The molecule has 164 valence electrons. The number of phenols is 1. The molecule has 29 heavy (non-hydrogen) atoms. The van der Waals surface area contributed by atoms with Crippen LogP contribution in [0.4, 0.5) is 0 Å². The summed E-state index contributed by atoms with van der Waals surface area (Å²) in [6, 6.07) is 4.35. The zero-order valence-electron chi connectivity index (χ0n) is 20.1. The summed E-state index contributed by atoms with van der Waals surface area (Å²) in [6.45, 7) is 21.1. The van der Waals surface area contributed by atoms with Crippen LogP contribution in [-0.4, -0.2) is 22.4 Å². The SMILES string of the molecule is CC(C)(C)c1cc(CN[C@]2(C)[C@H](CO)C[C@@H]3C[C@H]2C3(C)C)c(O)c(C(C)(C)C)c1. The Morgan fingerprint density at radius 1 is 1.00 bits per heavy atom. The van der Waals surface area contributed by atoms with E-state index < -0.39 is 0 Å². The lowest BCUT2D eigenvalue weighted by Crippen LogP contribution is -2.70. The first-order chi connectivity index (χ1) is 13.1. The van der Waals surface area contributed by atoms with Crippen molar-refractivity contribution in [2.45, 2.75) is 98.1 Å². The van der Waals surface area contributed by atoms with E-state index in [0.29, 0.717) is 23.6 Å². The molecule has 3 aliphatic rings. The molecule has 3 aliphatic carbocycles. The second kappa shape index (κ2) is 6.99. The van der Waals surface area contributed by atoms with Gasteiger partial charge in [-0.05, 0) is 59.0 Å². The minimum absolute atomic E-state index is 0.0218. The summed E-state index contributed by atoms with van der Waals surface area (Å²) in [5, 5.41) is 25.1. The third-order valence-corrected chi connectivity index (χ3v) is 8.35. The standard InChI is InChI=1S/C26H43NO2/c1-23(2,3)17-10-16(22(29)20(12-17)24(4,5)6)14-27-26(9)19(15-28)11-18-13-21(26)25(18,7)8/h10,12,18-19,21,27-29H,11,13-15H2,1-9H3/t18-,19+,21+,26-/m1/s1. The van der Waals surface area contributed by atoms with Gasteiger partial charge in [0.25, 0.3) is 0 Å². The lowest BCUT2D eigenvalue weighted by atomic mass is 9.41. The minimum Gasteiger partial charge on any atom is -0.507 e. The Morgan fingerprint density at radius 2 is 1.62 bits per heavy atom. The Balaban J connectivity index is 1.95. The fourth-order valence-corrected chi connectivity index (χ4v) is 5.96. The van der Waals surface area contributed by atoms with Crippen molar-refractivity contribution in [3.8, 4) is 5.75 Å². The van der Waals surface area contributed by atoms with Crippen LogP contribution in [0.1, 0.15) is 91.8 Å². The smallest absolute Gasteiger partial charge is 0.123 e. The molecule has 0 aromatic heterocycles. The molecule has 0 unspecified atom stereocenters. The maximum Gasteiger partial charge on any atom is 0.123 e. The summed E-state index contributed by atoms with van der Waals surface area (Å²) in [4.78, 5) is 0. The van der Waals surface area contributed by atoms with Gasteiger partial charge in [0.15, 0.2) is 0 Å². The van der Waals surface area contributed by atoms with E-state index in [9.17, 15) is 10.2 Å². The number of phenolic OH excluding ortho intramolecular Hbond substituents is 1. The molecule has 1 aromatic carbocycles. The minimum atomic E-state index is -0.119. The third-order valence-electron chi connectivity index (χ3n) is 8.35. The Morgan fingerprint density at radius 3 is 2.10 bits per heavy atom.